The molecule has 0 radical (unpaired) electrons. The van der Waals surface area contributed by atoms with E-state index in [4.69, 9.17) is 8.39 Å². The maximum absolute atomic E-state index is 6.47. The van der Waals surface area contributed by atoms with E-state index < -0.39 is 8.16 Å². The molecular formula is C27H21N2O2P. The van der Waals surface area contributed by atoms with Crippen LogP contribution in [0.15, 0.2) is 93.3 Å². The average molecular weight is 436 g/mol. The van der Waals surface area contributed by atoms with Gasteiger partial charge in [-0.2, -0.15) is 0 Å². The molecule has 0 fully saturated rings. The van der Waals surface area contributed by atoms with Crippen LogP contribution in [0.2, 0.25) is 0 Å². The summed E-state index contributed by atoms with van der Waals surface area (Å²) in [5, 5.41) is 10.2. The zero-order valence-corrected chi connectivity index (χ0v) is 18.7. The average Bonchev–Trinajstić information content (AvgIpc) is 2.95. The lowest BCUT2D eigenvalue weighted by molar-refractivity contribution is 0.646. The Bertz CT molecular complexity index is 1570. The third-order valence-electron chi connectivity index (χ3n) is 5.70. The van der Waals surface area contributed by atoms with E-state index in [2.05, 4.69) is 83.7 Å². The topological polar surface area (TPSA) is 51.2 Å². The van der Waals surface area contributed by atoms with E-state index in [0.29, 0.717) is 0 Å². The number of rotatable bonds is 2. The fourth-order valence-corrected chi connectivity index (χ4v) is 5.50. The number of aromatic nitrogens is 1. The Labute approximate surface area is 186 Å². The number of anilines is 1. The van der Waals surface area contributed by atoms with E-state index in [1.165, 1.54) is 10.8 Å². The number of fused-ring (bicyclic) bond motifs is 7. The lowest BCUT2D eigenvalue weighted by Gasteiger charge is -2.05. The molecule has 4 aromatic carbocycles. The molecule has 0 saturated carbocycles. The van der Waals surface area contributed by atoms with Crippen molar-refractivity contribution >= 4 is 57.5 Å². The van der Waals surface area contributed by atoms with Crippen molar-refractivity contribution in [2.45, 2.75) is 13.8 Å². The fourth-order valence-electron chi connectivity index (χ4n) is 4.41. The number of hydrogen-bond acceptors (Lipinski definition) is 4. The van der Waals surface area contributed by atoms with Crippen LogP contribution in [0.5, 0.6) is 0 Å². The predicted molar refractivity (Wildman–Crippen MR) is 134 cm³/mol. The summed E-state index contributed by atoms with van der Waals surface area (Å²) in [6.45, 7) is 4.05. The van der Waals surface area contributed by atoms with Crippen LogP contribution in [0.4, 0.5) is 5.82 Å². The molecule has 0 aliphatic rings. The van der Waals surface area contributed by atoms with Crippen LogP contribution in [0, 0.1) is 13.8 Å². The van der Waals surface area contributed by atoms with Gasteiger partial charge in [-0.05, 0) is 65.2 Å². The van der Waals surface area contributed by atoms with Crippen LogP contribution < -0.4 is 5.09 Å². The van der Waals surface area contributed by atoms with Crippen LogP contribution in [0.25, 0.3) is 43.5 Å². The zero-order chi connectivity index (χ0) is 21.7. The van der Waals surface area contributed by atoms with Gasteiger partial charge < -0.3 is 8.39 Å². The SMILES string of the molecule is Cc1cc(C)nc(Np2oc3ccc4ccccc4c3c3c(ccc4ccccc43)o2)c1. The monoisotopic (exact) mass is 436 g/mol. The van der Waals surface area contributed by atoms with E-state index in [1.807, 2.05) is 25.1 Å². The van der Waals surface area contributed by atoms with Crippen molar-refractivity contribution in [3.8, 4) is 0 Å². The second-order valence-corrected chi connectivity index (χ2v) is 9.15. The lowest BCUT2D eigenvalue weighted by atomic mass is 9.99. The number of aryl methyl sites for hydroxylation is 2. The summed E-state index contributed by atoms with van der Waals surface area (Å²) in [5.41, 5.74) is 3.71. The normalized spacial score (nSPS) is 11.4. The molecule has 0 atom stereocenters. The van der Waals surface area contributed by atoms with Gasteiger partial charge in [0.25, 0.3) is 0 Å². The van der Waals surface area contributed by atoms with Crippen molar-refractivity contribution in [3.63, 3.8) is 0 Å². The first kappa shape index (κ1) is 19.0. The first-order valence-electron chi connectivity index (χ1n) is 10.6. The molecule has 2 heterocycles. The van der Waals surface area contributed by atoms with Crippen molar-refractivity contribution in [2.24, 2.45) is 0 Å². The van der Waals surface area contributed by atoms with Gasteiger partial charge in [0.1, 0.15) is 17.0 Å². The third kappa shape index (κ3) is 3.21. The molecule has 32 heavy (non-hydrogen) atoms. The van der Waals surface area contributed by atoms with Crippen molar-refractivity contribution in [3.05, 3.63) is 96.2 Å². The van der Waals surface area contributed by atoms with E-state index in [1.54, 1.807) is 0 Å². The molecule has 0 saturated heterocycles. The summed E-state index contributed by atoms with van der Waals surface area (Å²) in [5.74, 6) is 0.750. The molecule has 4 nitrogen and oxygen atoms in total. The summed E-state index contributed by atoms with van der Waals surface area (Å²) >= 11 is 0. The van der Waals surface area contributed by atoms with Crippen molar-refractivity contribution in [2.75, 3.05) is 5.09 Å². The van der Waals surface area contributed by atoms with Crippen molar-refractivity contribution < 1.29 is 8.39 Å². The largest absolute Gasteiger partial charge is 0.404 e. The minimum atomic E-state index is -1.50. The molecule has 156 valence electrons. The maximum atomic E-state index is 6.47. The minimum absolute atomic E-state index is 0.750. The van der Waals surface area contributed by atoms with Crippen LogP contribution in [0.3, 0.4) is 0 Å². The Balaban J connectivity index is 1.76. The summed E-state index contributed by atoms with van der Waals surface area (Å²) < 4.78 is 12.9. The Morgan fingerprint density at radius 1 is 0.688 bits per heavy atom. The Morgan fingerprint density at radius 2 is 1.25 bits per heavy atom. The Hall–Kier alpha value is -3.75. The smallest absolute Gasteiger partial charge is 0.340 e. The number of nitrogens with one attached hydrogen (secondary N) is 1. The highest BCUT2D eigenvalue weighted by molar-refractivity contribution is 7.39. The summed E-state index contributed by atoms with van der Waals surface area (Å²) in [6.07, 6.45) is 0. The minimum Gasteiger partial charge on any atom is -0.404 e. The van der Waals surface area contributed by atoms with Gasteiger partial charge in [-0.1, -0.05) is 60.7 Å². The Kier molecular flexibility index (Phi) is 4.41. The van der Waals surface area contributed by atoms with Crippen LogP contribution in [0.1, 0.15) is 11.3 Å². The molecule has 1 N–H and O–H groups in total. The van der Waals surface area contributed by atoms with Gasteiger partial charge in [0.05, 0.1) is 0 Å². The van der Waals surface area contributed by atoms with Crippen molar-refractivity contribution in [1.82, 2.24) is 4.98 Å². The first-order valence-corrected chi connectivity index (χ1v) is 11.8. The van der Waals surface area contributed by atoms with Gasteiger partial charge in [0.15, 0.2) is 0 Å². The second kappa shape index (κ2) is 7.44. The molecule has 0 aliphatic carbocycles. The van der Waals surface area contributed by atoms with Crippen LogP contribution in [-0.4, -0.2) is 4.98 Å². The van der Waals surface area contributed by atoms with Crippen LogP contribution >= 0.6 is 8.16 Å². The van der Waals surface area contributed by atoms with E-state index in [-0.39, 0.29) is 0 Å². The molecule has 0 amide bonds. The molecule has 2 aromatic heterocycles. The summed E-state index contributed by atoms with van der Waals surface area (Å²) in [6, 6.07) is 29.2. The molecule has 0 unspecified atom stereocenters. The zero-order valence-electron chi connectivity index (χ0n) is 17.8. The maximum Gasteiger partial charge on any atom is 0.340 e. The molecule has 5 heteroatoms. The molecule has 6 aromatic rings. The van der Waals surface area contributed by atoms with Crippen molar-refractivity contribution in [1.29, 1.82) is 0 Å². The van der Waals surface area contributed by atoms with Gasteiger partial charge in [-0.25, -0.2) is 4.98 Å². The number of pyridine rings is 1. The summed E-state index contributed by atoms with van der Waals surface area (Å²) in [4.78, 5) is 4.62. The highest BCUT2D eigenvalue weighted by Crippen LogP contribution is 2.40. The molecule has 0 aliphatic heterocycles. The van der Waals surface area contributed by atoms with Gasteiger partial charge in [0, 0.05) is 16.5 Å². The lowest BCUT2D eigenvalue weighted by Crippen LogP contribution is -1.92. The molecule has 0 spiro atoms. The van der Waals surface area contributed by atoms with Gasteiger partial charge in [0.2, 0.25) is 0 Å². The number of hydrogen-bond donors (Lipinski definition) is 1. The molecule has 6 rings (SSSR count). The van der Waals surface area contributed by atoms with Gasteiger partial charge in [-0.15, -0.1) is 0 Å². The summed E-state index contributed by atoms with van der Waals surface area (Å²) in [7, 11) is -1.50. The van der Waals surface area contributed by atoms with Gasteiger partial charge >= 0.3 is 8.16 Å². The highest BCUT2D eigenvalue weighted by Gasteiger charge is 2.13. The predicted octanol–water partition coefficient (Wildman–Crippen LogP) is 8.48. The molecular weight excluding hydrogens is 415 g/mol. The van der Waals surface area contributed by atoms with Crippen LogP contribution in [-0.2, 0) is 0 Å². The van der Waals surface area contributed by atoms with E-state index in [9.17, 15) is 0 Å². The Morgan fingerprint density at radius 3 is 1.81 bits per heavy atom. The number of nitrogens with zero attached hydrogens (tertiary/aromatic N) is 1. The third-order valence-corrected chi connectivity index (χ3v) is 6.83. The second-order valence-electron chi connectivity index (χ2n) is 8.04. The first-order chi connectivity index (χ1) is 15.7. The van der Waals surface area contributed by atoms with E-state index in [0.717, 1.165) is 49.8 Å². The van der Waals surface area contributed by atoms with Gasteiger partial charge in [-0.3, -0.25) is 5.09 Å². The quantitative estimate of drug-likeness (QED) is 0.296. The fraction of sp³-hybridized carbons (Fsp3) is 0.0741. The standard InChI is InChI=1S/C27H21N2O2P/c1-17-15-18(2)28-25(16-17)29-32-30-23-13-11-19-7-3-5-9-21(19)26(23)27-22-10-6-4-8-20(22)12-14-24(27)31-32/h3-16H,1-2H3,(H,28,29). The molecule has 0 bridgehead atoms. The highest BCUT2D eigenvalue weighted by atomic mass is 31.1. The number of benzene rings is 4. The van der Waals surface area contributed by atoms with E-state index >= 15 is 0 Å².